The van der Waals surface area contributed by atoms with Gasteiger partial charge in [-0.3, -0.25) is 0 Å². The van der Waals surface area contributed by atoms with Crippen molar-refractivity contribution < 1.29 is 14.3 Å². The first-order chi connectivity index (χ1) is 9.10. The summed E-state index contributed by atoms with van der Waals surface area (Å²) in [7, 11) is -1.52. The minimum Gasteiger partial charge on any atom is -0.497 e. The van der Waals surface area contributed by atoms with Crippen molar-refractivity contribution in [3.05, 3.63) is 11.8 Å². The van der Waals surface area contributed by atoms with Crippen LogP contribution in [0.3, 0.4) is 0 Å². The molecule has 0 aromatic heterocycles. The smallest absolute Gasteiger partial charge is 0.334 e. The molecule has 0 N–H and O–H groups in total. The highest BCUT2D eigenvalue weighted by molar-refractivity contribution is 6.87. The summed E-state index contributed by atoms with van der Waals surface area (Å²) in [6, 6.07) is 0. The molecule has 114 valence electrons. The van der Waals surface area contributed by atoms with Gasteiger partial charge in [0.1, 0.15) is 13.8 Å². The number of carbonyl (C=O) groups is 1. The summed E-state index contributed by atoms with van der Waals surface area (Å²) in [6.45, 7) is 15.7. The van der Waals surface area contributed by atoms with Gasteiger partial charge in [-0.2, -0.15) is 0 Å². The van der Waals surface area contributed by atoms with Crippen LogP contribution < -0.4 is 0 Å². The predicted molar refractivity (Wildman–Crippen MR) is 85.9 cm³/mol. The Balaban J connectivity index is 4.20. The van der Waals surface area contributed by atoms with E-state index in [1.165, 1.54) is 6.08 Å². The van der Waals surface area contributed by atoms with Gasteiger partial charge in [0.05, 0.1) is 19.3 Å². The molecule has 0 radical (unpaired) electrons. The minimum atomic E-state index is -1.52. The molecule has 20 heavy (non-hydrogen) atoms. The van der Waals surface area contributed by atoms with Gasteiger partial charge >= 0.3 is 5.97 Å². The van der Waals surface area contributed by atoms with E-state index in [9.17, 15) is 4.79 Å². The quantitative estimate of drug-likeness (QED) is 0.193. The summed E-state index contributed by atoms with van der Waals surface area (Å²) in [4.78, 5) is 11.2. The van der Waals surface area contributed by atoms with Crippen LogP contribution in [0.4, 0.5) is 0 Å². The lowest BCUT2D eigenvalue weighted by Crippen LogP contribution is -2.35. The Morgan fingerprint density at radius 2 is 1.85 bits per heavy atom. The van der Waals surface area contributed by atoms with Crippen LogP contribution in [0.1, 0.15) is 41.0 Å². The molecule has 0 fully saturated rings. The van der Waals surface area contributed by atoms with Gasteiger partial charge in [-0.25, -0.2) is 4.79 Å². The Morgan fingerprint density at radius 1 is 1.25 bits per heavy atom. The SMILES string of the molecule is CCOC(=O)/C=C(\C)OCCC#C[Si](C)(C)C(C)(C)C. The molecule has 0 atom stereocenters. The van der Waals surface area contributed by atoms with E-state index in [2.05, 4.69) is 45.3 Å². The van der Waals surface area contributed by atoms with Gasteiger partial charge < -0.3 is 9.47 Å². The molecule has 0 rings (SSSR count). The molecule has 0 saturated carbocycles. The number of rotatable bonds is 5. The number of carbonyl (C=O) groups excluding carboxylic acids is 1. The molecule has 0 aliphatic rings. The van der Waals surface area contributed by atoms with Crippen molar-refractivity contribution in [3.8, 4) is 11.5 Å². The molecular formula is C16H28O3Si. The summed E-state index contributed by atoms with van der Waals surface area (Å²) in [5, 5.41) is 0.278. The van der Waals surface area contributed by atoms with Gasteiger partial charge in [0.15, 0.2) is 0 Å². The monoisotopic (exact) mass is 296 g/mol. The van der Waals surface area contributed by atoms with Gasteiger partial charge in [0.25, 0.3) is 0 Å². The van der Waals surface area contributed by atoms with Crippen molar-refractivity contribution in [1.29, 1.82) is 0 Å². The maximum Gasteiger partial charge on any atom is 0.334 e. The second kappa shape index (κ2) is 8.16. The average molecular weight is 296 g/mol. The van der Waals surface area contributed by atoms with Crippen molar-refractivity contribution in [3.63, 3.8) is 0 Å². The van der Waals surface area contributed by atoms with Crippen LogP contribution in [-0.2, 0) is 14.3 Å². The Kier molecular flexibility index (Phi) is 7.66. The minimum absolute atomic E-state index is 0.278. The fourth-order valence-electron chi connectivity index (χ4n) is 1.13. The molecule has 0 amide bonds. The van der Waals surface area contributed by atoms with E-state index >= 15 is 0 Å². The Morgan fingerprint density at radius 3 is 2.35 bits per heavy atom. The first kappa shape index (κ1) is 18.8. The van der Waals surface area contributed by atoms with Gasteiger partial charge in [-0.1, -0.05) is 33.9 Å². The highest BCUT2D eigenvalue weighted by Crippen LogP contribution is 2.35. The van der Waals surface area contributed by atoms with E-state index in [1.54, 1.807) is 13.8 Å². The molecule has 0 spiro atoms. The Bertz CT molecular complexity index is 406. The zero-order chi connectivity index (χ0) is 15.8. The fraction of sp³-hybridized carbons (Fsp3) is 0.688. The molecule has 0 aromatic carbocycles. The van der Waals surface area contributed by atoms with Crippen LogP contribution in [0.5, 0.6) is 0 Å². The number of esters is 1. The molecule has 0 aliphatic carbocycles. The highest BCUT2D eigenvalue weighted by atomic mass is 28.3. The highest BCUT2D eigenvalue weighted by Gasteiger charge is 2.33. The Labute approximate surface area is 124 Å². The predicted octanol–water partition coefficient (Wildman–Crippen LogP) is 3.91. The van der Waals surface area contributed by atoms with E-state index in [4.69, 9.17) is 9.47 Å². The Hall–Kier alpha value is -1.21. The third-order valence-electron chi connectivity index (χ3n) is 3.44. The summed E-state index contributed by atoms with van der Waals surface area (Å²) in [5.74, 6) is 3.41. The normalized spacial score (nSPS) is 12.4. The summed E-state index contributed by atoms with van der Waals surface area (Å²) in [5.41, 5.74) is 3.43. The third kappa shape index (κ3) is 7.39. The topological polar surface area (TPSA) is 35.5 Å². The number of allylic oxidation sites excluding steroid dienone is 1. The van der Waals surface area contributed by atoms with Crippen molar-refractivity contribution in [2.24, 2.45) is 0 Å². The lowest BCUT2D eigenvalue weighted by atomic mass is 10.2. The van der Waals surface area contributed by atoms with Crippen molar-refractivity contribution in [2.45, 2.75) is 59.2 Å². The van der Waals surface area contributed by atoms with Crippen LogP contribution in [-0.4, -0.2) is 27.3 Å². The van der Waals surface area contributed by atoms with Gasteiger partial charge in [-0.05, 0) is 18.9 Å². The molecule has 0 heterocycles. The van der Waals surface area contributed by atoms with Crippen molar-refractivity contribution in [1.82, 2.24) is 0 Å². The van der Waals surface area contributed by atoms with E-state index in [1.807, 2.05) is 0 Å². The van der Waals surface area contributed by atoms with E-state index in [-0.39, 0.29) is 11.0 Å². The largest absolute Gasteiger partial charge is 0.497 e. The molecule has 0 unspecified atom stereocenters. The standard InChI is InChI=1S/C16H28O3Si/c1-8-18-15(17)13-14(2)19-11-9-10-12-20(6,7)16(3,4)5/h13H,8-9,11H2,1-7H3/b14-13+. The summed E-state index contributed by atoms with van der Waals surface area (Å²) < 4.78 is 10.2. The lowest BCUT2D eigenvalue weighted by Gasteiger charge is -2.31. The van der Waals surface area contributed by atoms with Crippen LogP contribution in [0, 0.1) is 11.5 Å². The van der Waals surface area contributed by atoms with Crippen LogP contribution in [0.15, 0.2) is 11.8 Å². The number of ether oxygens (including phenoxy) is 2. The third-order valence-corrected chi connectivity index (χ3v) is 7.99. The van der Waals surface area contributed by atoms with Crippen LogP contribution >= 0.6 is 0 Å². The van der Waals surface area contributed by atoms with E-state index in [0.29, 0.717) is 25.4 Å². The van der Waals surface area contributed by atoms with Crippen molar-refractivity contribution in [2.75, 3.05) is 13.2 Å². The van der Waals surface area contributed by atoms with E-state index in [0.717, 1.165) is 0 Å². The maximum atomic E-state index is 11.2. The number of hydrogen-bond donors (Lipinski definition) is 0. The lowest BCUT2D eigenvalue weighted by molar-refractivity contribution is -0.137. The molecule has 0 bridgehead atoms. The summed E-state index contributed by atoms with van der Waals surface area (Å²) >= 11 is 0. The first-order valence-electron chi connectivity index (χ1n) is 7.08. The zero-order valence-electron chi connectivity index (χ0n) is 13.9. The van der Waals surface area contributed by atoms with Crippen LogP contribution in [0.25, 0.3) is 0 Å². The molecule has 4 heteroatoms. The first-order valence-corrected chi connectivity index (χ1v) is 10.1. The van der Waals surface area contributed by atoms with E-state index < -0.39 is 8.07 Å². The fourth-order valence-corrected chi connectivity index (χ4v) is 2.07. The zero-order valence-corrected chi connectivity index (χ0v) is 14.9. The molecular weight excluding hydrogens is 268 g/mol. The van der Waals surface area contributed by atoms with Crippen LogP contribution in [0.2, 0.25) is 18.1 Å². The van der Waals surface area contributed by atoms with Gasteiger partial charge in [-0.15, -0.1) is 11.5 Å². The molecule has 0 aromatic rings. The van der Waals surface area contributed by atoms with Gasteiger partial charge in [0, 0.05) is 6.42 Å². The van der Waals surface area contributed by atoms with Gasteiger partial charge in [0.2, 0.25) is 0 Å². The molecule has 0 aliphatic heterocycles. The van der Waals surface area contributed by atoms with Crippen molar-refractivity contribution >= 4 is 14.0 Å². The molecule has 0 saturated heterocycles. The molecule has 3 nitrogen and oxygen atoms in total. The second-order valence-electron chi connectivity index (χ2n) is 6.28. The maximum absolute atomic E-state index is 11.2. The summed E-state index contributed by atoms with van der Waals surface area (Å²) in [6.07, 6.45) is 2.05. The second-order valence-corrected chi connectivity index (χ2v) is 11.3. The average Bonchev–Trinajstić information content (AvgIpc) is 2.26. The number of hydrogen-bond acceptors (Lipinski definition) is 3.